The van der Waals surface area contributed by atoms with Crippen LogP contribution in [-0.4, -0.2) is 69.4 Å². The molecule has 9 heteroatoms. The van der Waals surface area contributed by atoms with Crippen molar-refractivity contribution in [2.45, 2.75) is 19.1 Å². The molecule has 1 N–H and O–H groups in total. The van der Waals surface area contributed by atoms with Gasteiger partial charge in [0.15, 0.2) is 11.6 Å². The molecule has 2 heterocycles. The van der Waals surface area contributed by atoms with Crippen molar-refractivity contribution >= 4 is 36.4 Å². The van der Waals surface area contributed by atoms with Crippen molar-refractivity contribution in [2.75, 3.05) is 51.3 Å². The molecule has 2 atom stereocenters. The number of methoxy groups -OCH3 is 1. The number of hydrogen-bond acceptors (Lipinski definition) is 5. The third-order valence-corrected chi connectivity index (χ3v) is 4.67. The molecule has 148 valence electrons. The average Bonchev–Trinajstić information content (AvgIpc) is 2.61. The van der Waals surface area contributed by atoms with E-state index in [-0.39, 0.29) is 54.4 Å². The van der Waals surface area contributed by atoms with E-state index in [9.17, 15) is 9.18 Å². The van der Waals surface area contributed by atoms with Gasteiger partial charge in [0.2, 0.25) is 5.91 Å². The van der Waals surface area contributed by atoms with Gasteiger partial charge in [-0.05, 0) is 19.1 Å². The van der Waals surface area contributed by atoms with Gasteiger partial charge in [-0.3, -0.25) is 4.79 Å². The predicted octanol–water partition coefficient (Wildman–Crippen LogP) is 1.70. The van der Waals surface area contributed by atoms with E-state index in [0.29, 0.717) is 39.3 Å². The van der Waals surface area contributed by atoms with Crippen LogP contribution in [-0.2, 0) is 9.53 Å². The van der Waals surface area contributed by atoms with E-state index >= 15 is 0 Å². The summed E-state index contributed by atoms with van der Waals surface area (Å²) in [5, 5.41) is 3.24. The Morgan fingerprint density at radius 2 is 1.96 bits per heavy atom. The number of hydrogen-bond donors (Lipinski definition) is 1. The largest absolute Gasteiger partial charge is 0.494 e. The van der Waals surface area contributed by atoms with Crippen molar-refractivity contribution in [3.63, 3.8) is 0 Å². The highest BCUT2D eigenvalue weighted by atomic mass is 35.5. The lowest BCUT2D eigenvalue weighted by Gasteiger charge is -2.39. The standard InChI is InChI=1S/C17H24FN3O3.2ClH/c1-12-16(19-5-10-24-12)17(22)21-8-6-20(7-9-21)13-3-4-15(23-2)14(18)11-13;;/h3-4,11-12,16,19H,5-10H2,1-2H3;2*1H/t12-,16+;;/m1../s1. The van der Waals surface area contributed by atoms with Crippen molar-refractivity contribution in [1.82, 2.24) is 10.2 Å². The van der Waals surface area contributed by atoms with Crippen LogP contribution in [0.4, 0.5) is 10.1 Å². The van der Waals surface area contributed by atoms with Crippen LogP contribution < -0.4 is 15.0 Å². The third-order valence-electron chi connectivity index (χ3n) is 4.67. The number of piperazine rings is 1. The Hall–Kier alpha value is -1.28. The first-order chi connectivity index (χ1) is 11.6. The van der Waals surface area contributed by atoms with Gasteiger partial charge in [0.25, 0.3) is 0 Å². The molecule has 2 aliphatic heterocycles. The van der Waals surface area contributed by atoms with Crippen molar-refractivity contribution < 1.29 is 18.7 Å². The molecule has 2 fully saturated rings. The minimum Gasteiger partial charge on any atom is -0.494 e. The summed E-state index contributed by atoms with van der Waals surface area (Å²) in [5.74, 6) is -0.0430. The van der Waals surface area contributed by atoms with Crippen LogP contribution in [0.15, 0.2) is 18.2 Å². The predicted molar refractivity (Wildman–Crippen MR) is 103 cm³/mol. The second kappa shape index (κ2) is 10.2. The molecule has 6 nitrogen and oxygen atoms in total. The fourth-order valence-electron chi connectivity index (χ4n) is 3.24. The monoisotopic (exact) mass is 409 g/mol. The first-order valence-electron chi connectivity index (χ1n) is 8.32. The fraction of sp³-hybridized carbons (Fsp3) is 0.588. The van der Waals surface area contributed by atoms with Gasteiger partial charge in [0.1, 0.15) is 6.04 Å². The molecule has 26 heavy (non-hydrogen) atoms. The van der Waals surface area contributed by atoms with Gasteiger partial charge in [0.05, 0.1) is 19.8 Å². The van der Waals surface area contributed by atoms with E-state index in [1.165, 1.54) is 13.2 Å². The Kier molecular flexibility index (Phi) is 8.89. The van der Waals surface area contributed by atoms with Gasteiger partial charge in [-0.2, -0.15) is 0 Å². The molecule has 3 rings (SSSR count). The Labute approximate surface area is 165 Å². The second-order valence-corrected chi connectivity index (χ2v) is 6.14. The molecule has 2 saturated heterocycles. The average molecular weight is 410 g/mol. The highest BCUT2D eigenvalue weighted by Crippen LogP contribution is 2.24. The van der Waals surface area contributed by atoms with Crippen LogP contribution in [0.5, 0.6) is 5.75 Å². The van der Waals surface area contributed by atoms with E-state index < -0.39 is 0 Å². The summed E-state index contributed by atoms with van der Waals surface area (Å²) in [4.78, 5) is 16.6. The number of nitrogens with one attached hydrogen (secondary N) is 1. The van der Waals surface area contributed by atoms with Gasteiger partial charge in [-0.1, -0.05) is 0 Å². The number of rotatable bonds is 3. The van der Waals surface area contributed by atoms with Crippen LogP contribution in [0.3, 0.4) is 0 Å². The molecule has 0 unspecified atom stereocenters. The van der Waals surface area contributed by atoms with E-state index in [1.54, 1.807) is 6.07 Å². The minimum absolute atomic E-state index is 0. The van der Waals surface area contributed by atoms with Gasteiger partial charge < -0.3 is 24.6 Å². The maximum absolute atomic E-state index is 13.9. The summed E-state index contributed by atoms with van der Waals surface area (Å²) < 4.78 is 24.4. The number of nitrogens with zero attached hydrogens (tertiary/aromatic N) is 2. The number of amides is 1. The lowest BCUT2D eigenvalue weighted by molar-refractivity contribution is -0.139. The second-order valence-electron chi connectivity index (χ2n) is 6.14. The molecule has 0 bridgehead atoms. The summed E-state index contributed by atoms with van der Waals surface area (Å²) in [7, 11) is 1.45. The van der Waals surface area contributed by atoms with E-state index in [2.05, 4.69) is 10.2 Å². The first kappa shape index (κ1) is 22.8. The Bertz CT molecular complexity index is 601. The van der Waals surface area contributed by atoms with Crippen molar-refractivity contribution in [3.8, 4) is 5.75 Å². The zero-order valence-corrected chi connectivity index (χ0v) is 16.6. The molecule has 0 aromatic heterocycles. The lowest BCUT2D eigenvalue weighted by Crippen LogP contribution is -2.59. The highest BCUT2D eigenvalue weighted by molar-refractivity contribution is 5.85. The molecule has 0 aliphatic carbocycles. The molecular weight excluding hydrogens is 384 g/mol. The number of benzene rings is 1. The number of anilines is 1. The Balaban J connectivity index is 0.00000169. The zero-order chi connectivity index (χ0) is 17.1. The molecular formula is C17H26Cl2FN3O3. The molecule has 0 saturated carbocycles. The summed E-state index contributed by atoms with van der Waals surface area (Å²) in [6.45, 7) is 5.87. The zero-order valence-electron chi connectivity index (χ0n) is 14.9. The maximum Gasteiger partial charge on any atom is 0.242 e. The summed E-state index contributed by atoms with van der Waals surface area (Å²) in [5.41, 5.74) is 0.813. The van der Waals surface area contributed by atoms with Gasteiger partial charge >= 0.3 is 0 Å². The number of carbonyl (C=O) groups excluding carboxylic acids is 1. The summed E-state index contributed by atoms with van der Waals surface area (Å²) in [6, 6.07) is 4.68. The number of ether oxygens (including phenoxy) is 2. The SMILES string of the molecule is COc1ccc(N2CCN(C(=O)[C@H]3NCCO[C@@H]3C)CC2)cc1F.Cl.Cl. The van der Waals surface area contributed by atoms with Crippen LogP contribution in [0, 0.1) is 5.82 Å². The van der Waals surface area contributed by atoms with E-state index in [1.807, 2.05) is 17.9 Å². The molecule has 1 amide bonds. The molecule has 1 aromatic rings. The van der Waals surface area contributed by atoms with Gasteiger partial charge in [0, 0.05) is 44.5 Å². The molecule has 0 radical (unpaired) electrons. The van der Waals surface area contributed by atoms with Gasteiger partial charge in [-0.15, -0.1) is 24.8 Å². The number of morpholine rings is 1. The maximum atomic E-state index is 13.9. The lowest BCUT2D eigenvalue weighted by atomic mass is 10.1. The fourth-order valence-corrected chi connectivity index (χ4v) is 3.24. The van der Waals surface area contributed by atoms with E-state index in [0.717, 1.165) is 5.69 Å². The van der Waals surface area contributed by atoms with E-state index in [4.69, 9.17) is 9.47 Å². The topological polar surface area (TPSA) is 54.0 Å². The van der Waals surface area contributed by atoms with Crippen LogP contribution in [0.2, 0.25) is 0 Å². The normalized spacial score (nSPS) is 22.9. The smallest absolute Gasteiger partial charge is 0.242 e. The highest BCUT2D eigenvalue weighted by Gasteiger charge is 2.33. The summed E-state index contributed by atoms with van der Waals surface area (Å²) >= 11 is 0. The Morgan fingerprint density at radius 1 is 1.27 bits per heavy atom. The van der Waals surface area contributed by atoms with Crippen LogP contribution >= 0.6 is 24.8 Å². The number of halogens is 3. The molecule has 1 aromatic carbocycles. The molecule has 0 spiro atoms. The van der Waals surface area contributed by atoms with Gasteiger partial charge in [-0.25, -0.2) is 4.39 Å². The van der Waals surface area contributed by atoms with Crippen LogP contribution in [0.25, 0.3) is 0 Å². The Morgan fingerprint density at radius 3 is 2.54 bits per heavy atom. The third kappa shape index (κ3) is 4.91. The number of carbonyl (C=O) groups is 1. The van der Waals surface area contributed by atoms with Crippen LogP contribution in [0.1, 0.15) is 6.92 Å². The summed E-state index contributed by atoms with van der Waals surface area (Å²) in [6.07, 6.45) is -0.111. The van der Waals surface area contributed by atoms with Crippen molar-refractivity contribution in [2.24, 2.45) is 0 Å². The van der Waals surface area contributed by atoms with Crippen molar-refractivity contribution in [1.29, 1.82) is 0 Å². The van der Waals surface area contributed by atoms with Crippen molar-refractivity contribution in [3.05, 3.63) is 24.0 Å². The quantitative estimate of drug-likeness (QED) is 0.823. The first-order valence-corrected chi connectivity index (χ1v) is 8.32. The minimum atomic E-state index is -0.370. The molecule has 2 aliphatic rings.